The zero-order valence-electron chi connectivity index (χ0n) is 11.6. The molecule has 0 aliphatic rings. The van der Waals surface area contributed by atoms with Crippen LogP contribution in [0.5, 0.6) is 0 Å². The first-order valence-electron chi connectivity index (χ1n) is 6.68. The molecule has 2 N–H and O–H groups in total. The minimum atomic E-state index is -0.393. The highest BCUT2D eigenvalue weighted by Crippen LogP contribution is 2.23. The molecule has 0 fully saturated rings. The Bertz CT molecular complexity index is 325. The molecule has 0 radical (unpaired) electrons. The van der Waals surface area contributed by atoms with Crippen LogP contribution >= 0.6 is 0 Å². The molecule has 1 atom stereocenters. The maximum atomic E-state index is 10.0. The average molecular weight is 238 g/mol. The van der Waals surface area contributed by atoms with Crippen LogP contribution < -0.4 is 0 Å². The van der Waals surface area contributed by atoms with Crippen LogP contribution in [-0.2, 0) is 5.41 Å². The van der Waals surface area contributed by atoms with E-state index in [2.05, 4.69) is 37.7 Å². The molecule has 1 aromatic rings. The number of unbranched alkanes of at least 4 members (excludes halogenated alkanes) is 3. The number of aliphatic hydroxyl groups excluding tert-OH is 1. The number of aromatic amines is 1. The predicted molar refractivity (Wildman–Crippen MR) is 71.0 cm³/mol. The molecule has 1 rings (SSSR count). The summed E-state index contributed by atoms with van der Waals surface area (Å²) >= 11 is 0. The summed E-state index contributed by atoms with van der Waals surface area (Å²) in [5.41, 5.74) is 0.867. The number of hydrogen-bond acceptors (Lipinski definition) is 2. The molecule has 0 saturated carbocycles. The Kier molecular flexibility index (Phi) is 5.19. The van der Waals surface area contributed by atoms with Crippen LogP contribution in [0.4, 0.5) is 0 Å². The van der Waals surface area contributed by atoms with E-state index in [-0.39, 0.29) is 5.41 Å². The minimum Gasteiger partial charge on any atom is -0.387 e. The summed E-state index contributed by atoms with van der Waals surface area (Å²) in [6.07, 6.45) is 6.97. The highest BCUT2D eigenvalue weighted by Gasteiger charge is 2.19. The van der Waals surface area contributed by atoms with E-state index >= 15 is 0 Å². The maximum Gasteiger partial charge on any atom is 0.111 e. The van der Waals surface area contributed by atoms with Crippen molar-refractivity contribution in [1.82, 2.24) is 9.97 Å². The Morgan fingerprint density at radius 2 is 2.00 bits per heavy atom. The molecular weight excluding hydrogens is 212 g/mol. The molecular formula is C14H26N2O. The first kappa shape index (κ1) is 14.2. The second kappa shape index (κ2) is 6.20. The summed E-state index contributed by atoms with van der Waals surface area (Å²) in [6, 6.07) is 0. The topological polar surface area (TPSA) is 48.9 Å². The number of imidazole rings is 1. The van der Waals surface area contributed by atoms with Crippen LogP contribution in [0.1, 0.15) is 77.4 Å². The van der Waals surface area contributed by atoms with E-state index in [0.717, 1.165) is 24.4 Å². The second-order valence-corrected chi connectivity index (χ2v) is 5.80. The lowest BCUT2D eigenvalue weighted by Crippen LogP contribution is -2.13. The van der Waals surface area contributed by atoms with Gasteiger partial charge in [0.25, 0.3) is 0 Å². The fraction of sp³-hybridized carbons (Fsp3) is 0.786. The third-order valence-electron chi connectivity index (χ3n) is 3.00. The van der Waals surface area contributed by atoms with E-state index in [1.165, 1.54) is 19.3 Å². The molecule has 0 bridgehead atoms. The number of aromatic nitrogens is 2. The van der Waals surface area contributed by atoms with Crippen LogP contribution in [0.25, 0.3) is 0 Å². The van der Waals surface area contributed by atoms with Crippen molar-refractivity contribution >= 4 is 0 Å². The summed E-state index contributed by atoms with van der Waals surface area (Å²) in [6.45, 7) is 8.54. The third kappa shape index (κ3) is 4.50. The third-order valence-corrected chi connectivity index (χ3v) is 3.00. The van der Waals surface area contributed by atoms with Gasteiger partial charge in [-0.05, 0) is 6.42 Å². The quantitative estimate of drug-likeness (QED) is 0.742. The molecule has 98 valence electrons. The first-order chi connectivity index (χ1) is 7.95. The number of nitrogens with zero attached hydrogens (tertiary/aromatic N) is 1. The van der Waals surface area contributed by atoms with E-state index in [0.29, 0.717) is 0 Å². The first-order valence-corrected chi connectivity index (χ1v) is 6.68. The second-order valence-electron chi connectivity index (χ2n) is 5.80. The molecule has 0 aliphatic carbocycles. The van der Waals surface area contributed by atoms with Crippen molar-refractivity contribution in [2.24, 2.45) is 0 Å². The molecule has 0 spiro atoms. The molecule has 1 aromatic heterocycles. The summed E-state index contributed by atoms with van der Waals surface area (Å²) in [7, 11) is 0. The Morgan fingerprint density at radius 1 is 1.29 bits per heavy atom. The standard InChI is InChI=1S/C14H26N2O/c1-5-6-7-8-9-12(17)11-10-15-13(16-11)14(2,3)4/h10,12,17H,5-9H2,1-4H3,(H,15,16)/t12-/m1/s1. The Labute approximate surface area is 105 Å². The van der Waals surface area contributed by atoms with Crippen molar-refractivity contribution in [3.63, 3.8) is 0 Å². The predicted octanol–water partition coefficient (Wildman–Crippen LogP) is 3.71. The van der Waals surface area contributed by atoms with Gasteiger partial charge in [0.2, 0.25) is 0 Å². The molecule has 0 saturated heterocycles. The van der Waals surface area contributed by atoms with Crippen molar-refractivity contribution in [2.45, 2.75) is 71.3 Å². The molecule has 0 aliphatic heterocycles. The van der Waals surface area contributed by atoms with Crippen molar-refractivity contribution in [1.29, 1.82) is 0 Å². The lowest BCUT2D eigenvalue weighted by Gasteiger charge is -2.14. The van der Waals surface area contributed by atoms with Gasteiger partial charge in [0.05, 0.1) is 18.0 Å². The SMILES string of the molecule is CCCCCC[C@@H](O)c1cnc(C(C)(C)C)[nH]1. The van der Waals surface area contributed by atoms with Crippen molar-refractivity contribution < 1.29 is 5.11 Å². The molecule has 3 heteroatoms. The van der Waals surface area contributed by atoms with Gasteiger partial charge in [-0.3, -0.25) is 0 Å². The average Bonchev–Trinajstić information content (AvgIpc) is 2.72. The number of nitrogens with one attached hydrogen (secondary N) is 1. The van der Waals surface area contributed by atoms with E-state index < -0.39 is 6.10 Å². The van der Waals surface area contributed by atoms with E-state index in [4.69, 9.17) is 0 Å². The van der Waals surface area contributed by atoms with Crippen LogP contribution in [0, 0.1) is 0 Å². The molecule has 1 heterocycles. The van der Waals surface area contributed by atoms with Gasteiger partial charge in [0.15, 0.2) is 0 Å². The Balaban J connectivity index is 2.47. The highest BCUT2D eigenvalue weighted by atomic mass is 16.3. The normalized spacial score (nSPS) is 13.9. The molecule has 0 amide bonds. The highest BCUT2D eigenvalue weighted by molar-refractivity contribution is 5.10. The lowest BCUT2D eigenvalue weighted by atomic mass is 9.96. The Morgan fingerprint density at radius 3 is 2.53 bits per heavy atom. The monoisotopic (exact) mass is 238 g/mol. The van der Waals surface area contributed by atoms with Gasteiger partial charge in [0.1, 0.15) is 5.82 Å². The summed E-state index contributed by atoms with van der Waals surface area (Å²) in [4.78, 5) is 7.57. The van der Waals surface area contributed by atoms with E-state index in [1.54, 1.807) is 6.20 Å². The van der Waals surface area contributed by atoms with Gasteiger partial charge >= 0.3 is 0 Å². The number of H-pyrrole nitrogens is 1. The number of rotatable bonds is 6. The molecule has 0 unspecified atom stereocenters. The largest absolute Gasteiger partial charge is 0.387 e. The van der Waals surface area contributed by atoms with Gasteiger partial charge in [-0.25, -0.2) is 4.98 Å². The zero-order valence-corrected chi connectivity index (χ0v) is 11.6. The Hall–Kier alpha value is -0.830. The van der Waals surface area contributed by atoms with Crippen LogP contribution in [-0.4, -0.2) is 15.1 Å². The van der Waals surface area contributed by atoms with Gasteiger partial charge in [-0.15, -0.1) is 0 Å². The van der Waals surface area contributed by atoms with Gasteiger partial charge in [-0.2, -0.15) is 0 Å². The van der Waals surface area contributed by atoms with E-state index in [1.807, 2.05) is 0 Å². The van der Waals surface area contributed by atoms with Crippen LogP contribution in [0.2, 0.25) is 0 Å². The number of aliphatic hydroxyl groups is 1. The van der Waals surface area contributed by atoms with Gasteiger partial charge in [0, 0.05) is 5.41 Å². The molecule has 17 heavy (non-hydrogen) atoms. The minimum absolute atomic E-state index is 0.0141. The van der Waals surface area contributed by atoms with Gasteiger partial charge < -0.3 is 10.1 Å². The lowest BCUT2D eigenvalue weighted by molar-refractivity contribution is 0.159. The van der Waals surface area contributed by atoms with Crippen LogP contribution in [0.15, 0.2) is 6.20 Å². The van der Waals surface area contributed by atoms with Gasteiger partial charge in [-0.1, -0.05) is 53.4 Å². The molecule has 0 aromatic carbocycles. The number of hydrogen-bond donors (Lipinski definition) is 2. The van der Waals surface area contributed by atoms with Crippen molar-refractivity contribution in [3.8, 4) is 0 Å². The maximum absolute atomic E-state index is 10.0. The molecule has 3 nitrogen and oxygen atoms in total. The van der Waals surface area contributed by atoms with Crippen molar-refractivity contribution in [2.75, 3.05) is 0 Å². The summed E-state index contributed by atoms with van der Waals surface area (Å²) < 4.78 is 0. The summed E-state index contributed by atoms with van der Waals surface area (Å²) in [5.74, 6) is 0.945. The fourth-order valence-corrected chi connectivity index (χ4v) is 1.81. The van der Waals surface area contributed by atoms with E-state index in [9.17, 15) is 5.11 Å². The van der Waals surface area contributed by atoms with Crippen molar-refractivity contribution in [3.05, 3.63) is 17.7 Å². The smallest absolute Gasteiger partial charge is 0.111 e. The van der Waals surface area contributed by atoms with Crippen LogP contribution in [0.3, 0.4) is 0 Å². The fourth-order valence-electron chi connectivity index (χ4n) is 1.81. The summed E-state index contributed by atoms with van der Waals surface area (Å²) in [5, 5.41) is 10.0. The zero-order chi connectivity index (χ0) is 12.9.